The monoisotopic (exact) mass is 249 g/mol. The third kappa shape index (κ3) is 3.74. The Morgan fingerprint density at radius 1 is 1.33 bits per heavy atom. The van der Waals surface area contributed by atoms with Crippen LogP contribution >= 0.6 is 0 Å². The third-order valence-electron chi connectivity index (χ3n) is 3.61. The van der Waals surface area contributed by atoms with Crippen molar-refractivity contribution in [2.75, 3.05) is 14.2 Å². The highest BCUT2D eigenvalue weighted by molar-refractivity contribution is 5.39. The van der Waals surface area contributed by atoms with Gasteiger partial charge < -0.3 is 10.1 Å². The predicted molar refractivity (Wildman–Crippen MR) is 78.2 cm³/mol. The first-order valence-corrected chi connectivity index (χ1v) is 6.95. The number of hydrogen-bond acceptors (Lipinski definition) is 2. The van der Waals surface area contributed by atoms with Gasteiger partial charge in [0.15, 0.2) is 0 Å². The molecule has 2 unspecified atom stereocenters. The maximum absolute atomic E-state index is 5.50. The van der Waals surface area contributed by atoms with Gasteiger partial charge in [0.2, 0.25) is 0 Å². The Morgan fingerprint density at radius 3 is 2.61 bits per heavy atom. The zero-order chi connectivity index (χ0) is 13.5. The molecule has 0 aliphatic carbocycles. The van der Waals surface area contributed by atoms with Crippen molar-refractivity contribution in [3.05, 3.63) is 29.3 Å². The largest absolute Gasteiger partial charge is 0.496 e. The summed E-state index contributed by atoms with van der Waals surface area (Å²) in [6, 6.07) is 6.78. The van der Waals surface area contributed by atoms with Gasteiger partial charge in [-0.15, -0.1) is 0 Å². The fourth-order valence-electron chi connectivity index (χ4n) is 2.54. The van der Waals surface area contributed by atoms with E-state index in [2.05, 4.69) is 44.3 Å². The molecule has 2 heteroatoms. The molecule has 0 aromatic heterocycles. The number of aryl methyl sites for hydroxylation is 1. The van der Waals surface area contributed by atoms with Crippen molar-refractivity contribution in [2.45, 2.75) is 46.1 Å². The topological polar surface area (TPSA) is 21.3 Å². The summed E-state index contributed by atoms with van der Waals surface area (Å²) in [6.07, 6.45) is 3.79. The average Bonchev–Trinajstić information content (AvgIpc) is 2.37. The van der Waals surface area contributed by atoms with Crippen LogP contribution in [0.4, 0.5) is 0 Å². The third-order valence-corrected chi connectivity index (χ3v) is 3.61. The van der Waals surface area contributed by atoms with Crippen molar-refractivity contribution in [3.63, 3.8) is 0 Å². The molecule has 0 amide bonds. The standard InChI is InChI=1S/C16H27NO/c1-6-7-8-13(3)16(17-4)14-11-12(2)9-10-15(14)18-5/h9-11,13,16-17H,6-8H2,1-5H3. The summed E-state index contributed by atoms with van der Waals surface area (Å²) in [5.41, 5.74) is 2.57. The number of rotatable bonds is 7. The SMILES string of the molecule is CCCCC(C)C(NC)c1cc(C)ccc1OC. The van der Waals surface area contributed by atoms with E-state index in [9.17, 15) is 0 Å². The lowest BCUT2D eigenvalue weighted by molar-refractivity contribution is 0.352. The van der Waals surface area contributed by atoms with Crippen LogP contribution in [0.25, 0.3) is 0 Å². The lowest BCUT2D eigenvalue weighted by Crippen LogP contribution is -2.24. The van der Waals surface area contributed by atoms with Gasteiger partial charge in [-0.25, -0.2) is 0 Å². The van der Waals surface area contributed by atoms with Gasteiger partial charge in [-0.05, 0) is 32.4 Å². The molecule has 0 radical (unpaired) electrons. The van der Waals surface area contributed by atoms with E-state index in [4.69, 9.17) is 4.74 Å². The first-order chi connectivity index (χ1) is 8.63. The fraction of sp³-hybridized carbons (Fsp3) is 0.625. The van der Waals surface area contributed by atoms with Gasteiger partial charge in [-0.1, -0.05) is 44.4 Å². The van der Waals surface area contributed by atoms with Gasteiger partial charge in [-0.2, -0.15) is 0 Å². The second-order valence-corrected chi connectivity index (χ2v) is 5.13. The van der Waals surface area contributed by atoms with Gasteiger partial charge in [-0.3, -0.25) is 0 Å². The Morgan fingerprint density at radius 2 is 2.06 bits per heavy atom. The van der Waals surface area contributed by atoms with Crippen molar-refractivity contribution in [3.8, 4) is 5.75 Å². The summed E-state index contributed by atoms with van der Waals surface area (Å²) in [4.78, 5) is 0. The molecule has 1 aromatic rings. The minimum atomic E-state index is 0.367. The van der Waals surface area contributed by atoms with Crippen molar-refractivity contribution in [1.82, 2.24) is 5.32 Å². The number of nitrogens with one attached hydrogen (secondary N) is 1. The van der Waals surface area contributed by atoms with Gasteiger partial charge in [0.25, 0.3) is 0 Å². The van der Waals surface area contributed by atoms with Gasteiger partial charge in [0.1, 0.15) is 5.75 Å². The summed E-state index contributed by atoms with van der Waals surface area (Å²) in [7, 11) is 3.78. The van der Waals surface area contributed by atoms with Crippen LogP contribution in [0.2, 0.25) is 0 Å². The smallest absolute Gasteiger partial charge is 0.123 e. The fourth-order valence-corrected chi connectivity index (χ4v) is 2.54. The molecule has 18 heavy (non-hydrogen) atoms. The molecule has 0 saturated carbocycles. The average molecular weight is 249 g/mol. The molecule has 1 aromatic carbocycles. The molecule has 0 spiro atoms. The van der Waals surface area contributed by atoms with Crippen molar-refractivity contribution in [1.29, 1.82) is 0 Å². The highest BCUT2D eigenvalue weighted by Crippen LogP contribution is 2.32. The van der Waals surface area contributed by atoms with Gasteiger partial charge in [0, 0.05) is 11.6 Å². The molecule has 0 bridgehead atoms. The molecule has 0 aliphatic rings. The van der Waals surface area contributed by atoms with Crippen LogP contribution in [0.1, 0.15) is 50.3 Å². The Balaban J connectivity index is 2.96. The second-order valence-electron chi connectivity index (χ2n) is 5.13. The van der Waals surface area contributed by atoms with Crippen LogP contribution in [0.3, 0.4) is 0 Å². The van der Waals surface area contributed by atoms with Crippen LogP contribution in [-0.4, -0.2) is 14.2 Å². The van der Waals surface area contributed by atoms with E-state index in [-0.39, 0.29) is 0 Å². The maximum Gasteiger partial charge on any atom is 0.123 e. The number of benzene rings is 1. The zero-order valence-electron chi connectivity index (χ0n) is 12.4. The molecule has 0 saturated heterocycles. The van der Waals surface area contributed by atoms with E-state index in [1.165, 1.54) is 30.4 Å². The Bertz CT molecular complexity index is 362. The highest BCUT2D eigenvalue weighted by atomic mass is 16.5. The second kappa shape index (κ2) is 7.42. The molecule has 1 N–H and O–H groups in total. The lowest BCUT2D eigenvalue weighted by atomic mass is 9.89. The van der Waals surface area contributed by atoms with E-state index in [0.717, 1.165) is 5.75 Å². The Hall–Kier alpha value is -1.02. The molecule has 2 atom stereocenters. The molecule has 0 heterocycles. The Kier molecular flexibility index (Phi) is 6.20. The molecule has 0 fully saturated rings. The quantitative estimate of drug-likeness (QED) is 0.786. The number of methoxy groups -OCH3 is 1. The van der Waals surface area contributed by atoms with Gasteiger partial charge in [0.05, 0.1) is 7.11 Å². The molecule has 2 nitrogen and oxygen atoms in total. The van der Waals surface area contributed by atoms with Crippen LogP contribution < -0.4 is 10.1 Å². The zero-order valence-corrected chi connectivity index (χ0v) is 12.4. The van der Waals surface area contributed by atoms with Crippen LogP contribution in [0.15, 0.2) is 18.2 Å². The summed E-state index contributed by atoms with van der Waals surface area (Å²) < 4.78 is 5.50. The van der Waals surface area contributed by atoms with E-state index < -0.39 is 0 Å². The Labute approximate surface area is 112 Å². The van der Waals surface area contributed by atoms with E-state index >= 15 is 0 Å². The highest BCUT2D eigenvalue weighted by Gasteiger charge is 2.20. The van der Waals surface area contributed by atoms with Crippen molar-refractivity contribution < 1.29 is 4.74 Å². The first-order valence-electron chi connectivity index (χ1n) is 6.95. The van der Waals surface area contributed by atoms with Crippen molar-refractivity contribution >= 4 is 0 Å². The first kappa shape index (κ1) is 15.0. The molecular formula is C16H27NO. The summed E-state index contributed by atoms with van der Waals surface area (Å²) in [5.74, 6) is 1.61. The summed E-state index contributed by atoms with van der Waals surface area (Å²) in [6.45, 7) is 6.69. The van der Waals surface area contributed by atoms with Crippen LogP contribution in [0.5, 0.6) is 5.75 Å². The molecular weight excluding hydrogens is 222 g/mol. The predicted octanol–water partition coefficient (Wildman–Crippen LogP) is 4.09. The lowest BCUT2D eigenvalue weighted by Gasteiger charge is -2.26. The summed E-state index contributed by atoms with van der Waals surface area (Å²) >= 11 is 0. The maximum atomic E-state index is 5.50. The number of unbranched alkanes of at least 4 members (excludes halogenated alkanes) is 1. The number of hydrogen-bond donors (Lipinski definition) is 1. The number of ether oxygens (including phenoxy) is 1. The van der Waals surface area contributed by atoms with E-state index in [0.29, 0.717) is 12.0 Å². The summed E-state index contributed by atoms with van der Waals surface area (Å²) in [5, 5.41) is 3.45. The van der Waals surface area contributed by atoms with Crippen molar-refractivity contribution in [2.24, 2.45) is 5.92 Å². The normalized spacial score (nSPS) is 14.3. The van der Waals surface area contributed by atoms with Crippen LogP contribution in [-0.2, 0) is 0 Å². The van der Waals surface area contributed by atoms with Crippen LogP contribution in [0, 0.1) is 12.8 Å². The minimum absolute atomic E-state index is 0.367. The molecule has 102 valence electrons. The van der Waals surface area contributed by atoms with Gasteiger partial charge >= 0.3 is 0 Å². The minimum Gasteiger partial charge on any atom is -0.496 e. The van der Waals surface area contributed by atoms with E-state index in [1.54, 1.807) is 7.11 Å². The molecule has 0 aliphatic heterocycles. The molecule has 1 rings (SSSR count). The van der Waals surface area contributed by atoms with E-state index in [1.807, 2.05) is 7.05 Å².